The zero-order valence-electron chi connectivity index (χ0n) is 11.0. The minimum Gasteiger partial charge on any atom is -0.336 e. The van der Waals surface area contributed by atoms with Gasteiger partial charge in [-0.1, -0.05) is 20.8 Å². The van der Waals surface area contributed by atoms with Crippen LogP contribution in [0.15, 0.2) is 0 Å². The van der Waals surface area contributed by atoms with Crippen LogP contribution in [0.4, 0.5) is 0 Å². The van der Waals surface area contributed by atoms with Crippen LogP contribution >= 0.6 is 0 Å². The highest BCUT2D eigenvalue weighted by Gasteiger charge is 2.37. The second-order valence-corrected chi connectivity index (χ2v) is 6.37. The van der Waals surface area contributed by atoms with E-state index >= 15 is 0 Å². The van der Waals surface area contributed by atoms with Crippen molar-refractivity contribution in [3.8, 4) is 0 Å². The van der Waals surface area contributed by atoms with Gasteiger partial charge in [0.15, 0.2) is 0 Å². The Balaban J connectivity index is 1.88. The molecule has 1 saturated carbocycles. The molecule has 4 heteroatoms. The first kappa shape index (κ1) is 12.4. The lowest BCUT2D eigenvalue weighted by Gasteiger charge is -2.35. The van der Waals surface area contributed by atoms with E-state index in [2.05, 4.69) is 0 Å². The van der Waals surface area contributed by atoms with E-state index in [1.807, 2.05) is 25.7 Å². The van der Waals surface area contributed by atoms with E-state index in [0.717, 1.165) is 19.4 Å². The van der Waals surface area contributed by atoms with Crippen LogP contribution < -0.4 is 0 Å². The van der Waals surface area contributed by atoms with Gasteiger partial charge < -0.3 is 9.80 Å². The first-order chi connectivity index (χ1) is 7.87. The Hall–Kier alpha value is -1.06. The van der Waals surface area contributed by atoms with Crippen LogP contribution in [0.2, 0.25) is 0 Å². The second-order valence-electron chi connectivity index (χ2n) is 6.37. The zero-order chi connectivity index (χ0) is 12.6. The number of hydrogen-bond donors (Lipinski definition) is 0. The Labute approximate surface area is 103 Å². The molecule has 17 heavy (non-hydrogen) atoms. The Kier molecular flexibility index (Phi) is 3.15. The van der Waals surface area contributed by atoms with Crippen LogP contribution in [-0.2, 0) is 9.59 Å². The van der Waals surface area contributed by atoms with Crippen molar-refractivity contribution in [3.05, 3.63) is 0 Å². The van der Waals surface area contributed by atoms with E-state index in [0.29, 0.717) is 19.0 Å². The van der Waals surface area contributed by atoms with Crippen LogP contribution in [-0.4, -0.2) is 47.3 Å². The molecule has 0 aromatic heterocycles. The van der Waals surface area contributed by atoms with Gasteiger partial charge in [-0.15, -0.1) is 0 Å². The van der Waals surface area contributed by atoms with Crippen molar-refractivity contribution in [1.29, 1.82) is 0 Å². The summed E-state index contributed by atoms with van der Waals surface area (Å²) in [5.41, 5.74) is -0.00619. The Morgan fingerprint density at radius 3 is 2.41 bits per heavy atom. The lowest BCUT2D eigenvalue weighted by molar-refractivity contribution is -0.146. The molecule has 1 aliphatic carbocycles. The van der Waals surface area contributed by atoms with Gasteiger partial charge in [-0.3, -0.25) is 9.59 Å². The highest BCUT2D eigenvalue weighted by Crippen LogP contribution is 2.28. The molecule has 2 rings (SSSR count). The van der Waals surface area contributed by atoms with E-state index in [4.69, 9.17) is 0 Å². The number of piperazine rings is 1. The molecule has 96 valence electrons. The summed E-state index contributed by atoms with van der Waals surface area (Å²) in [6.07, 6.45) is 2.80. The van der Waals surface area contributed by atoms with Crippen molar-refractivity contribution in [2.75, 3.05) is 19.6 Å². The van der Waals surface area contributed by atoms with Gasteiger partial charge in [-0.2, -0.15) is 0 Å². The fraction of sp³-hybridized carbons (Fsp3) is 0.846. The molecule has 1 heterocycles. The zero-order valence-corrected chi connectivity index (χ0v) is 11.0. The molecule has 2 amide bonds. The van der Waals surface area contributed by atoms with Gasteiger partial charge in [-0.05, 0) is 18.3 Å². The molecule has 0 atom stereocenters. The van der Waals surface area contributed by atoms with Crippen molar-refractivity contribution in [1.82, 2.24) is 9.80 Å². The number of carbonyl (C=O) groups is 2. The van der Waals surface area contributed by atoms with Crippen LogP contribution in [0, 0.1) is 5.41 Å². The topological polar surface area (TPSA) is 40.6 Å². The van der Waals surface area contributed by atoms with Crippen molar-refractivity contribution in [2.45, 2.75) is 46.1 Å². The van der Waals surface area contributed by atoms with E-state index in [1.165, 1.54) is 0 Å². The monoisotopic (exact) mass is 238 g/mol. The van der Waals surface area contributed by atoms with Crippen molar-refractivity contribution in [3.63, 3.8) is 0 Å². The van der Waals surface area contributed by atoms with Crippen LogP contribution in [0.1, 0.15) is 40.0 Å². The molecule has 0 unspecified atom stereocenters. The predicted molar refractivity (Wildman–Crippen MR) is 65.4 cm³/mol. The fourth-order valence-electron chi connectivity index (χ4n) is 2.24. The molecule has 0 N–H and O–H groups in total. The smallest absolute Gasteiger partial charge is 0.242 e. The summed E-state index contributed by atoms with van der Waals surface area (Å²) in [4.78, 5) is 27.6. The molecule has 2 fully saturated rings. The lowest BCUT2D eigenvalue weighted by atomic mass is 9.91. The number of hydrogen-bond acceptors (Lipinski definition) is 2. The second kappa shape index (κ2) is 4.31. The molecule has 0 spiro atoms. The van der Waals surface area contributed by atoms with Crippen molar-refractivity contribution in [2.24, 2.45) is 5.41 Å². The number of carbonyl (C=O) groups excluding carboxylic acids is 2. The van der Waals surface area contributed by atoms with Gasteiger partial charge in [0, 0.05) is 25.6 Å². The van der Waals surface area contributed by atoms with Crippen molar-refractivity contribution < 1.29 is 9.59 Å². The molecule has 1 saturated heterocycles. The first-order valence-electron chi connectivity index (χ1n) is 6.44. The van der Waals surface area contributed by atoms with E-state index in [1.54, 1.807) is 4.90 Å². The van der Waals surface area contributed by atoms with E-state index in [9.17, 15) is 9.59 Å². The maximum absolute atomic E-state index is 12.0. The molecule has 4 nitrogen and oxygen atoms in total. The van der Waals surface area contributed by atoms with Gasteiger partial charge in [0.1, 0.15) is 0 Å². The van der Waals surface area contributed by atoms with Crippen LogP contribution in [0.25, 0.3) is 0 Å². The Morgan fingerprint density at radius 2 is 1.94 bits per heavy atom. The normalized spacial score (nSPS) is 21.9. The average Bonchev–Trinajstić information content (AvgIpc) is 2.98. The average molecular weight is 238 g/mol. The van der Waals surface area contributed by atoms with E-state index in [-0.39, 0.29) is 23.8 Å². The molecule has 0 aromatic carbocycles. The highest BCUT2D eigenvalue weighted by atomic mass is 16.2. The van der Waals surface area contributed by atoms with Gasteiger partial charge >= 0.3 is 0 Å². The predicted octanol–water partition coefficient (Wildman–Crippen LogP) is 1.26. The summed E-state index contributed by atoms with van der Waals surface area (Å²) in [6, 6.07) is 0.474. The summed E-state index contributed by atoms with van der Waals surface area (Å²) in [7, 11) is 0. The molecule has 1 aliphatic heterocycles. The standard InChI is InChI=1S/C13H22N2O2/c1-13(2,3)8-11(16)14-6-7-15(10-4-5-10)12(17)9-14/h10H,4-9H2,1-3H3. The SMILES string of the molecule is CC(C)(C)CC(=O)N1CCN(C2CC2)C(=O)C1. The molecular weight excluding hydrogens is 216 g/mol. The van der Waals surface area contributed by atoms with Crippen LogP contribution in [0.5, 0.6) is 0 Å². The van der Waals surface area contributed by atoms with Gasteiger partial charge in [0.2, 0.25) is 11.8 Å². The summed E-state index contributed by atoms with van der Waals surface area (Å²) < 4.78 is 0. The summed E-state index contributed by atoms with van der Waals surface area (Å²) in [6.45, 7) is 7.86. The highest BCUT2D eigenvalue weighted by molar-refractivity contribution is 5.86. The minimum atomic E-state index is -0.00619. The Bertz CT molecular complexity index is 329. The molecule has 0 radical (unpaired) electrons. The summed E-state index contributed by atoms with van der Waals surface area (Å²) >= 11 is 0. The van der Waals surface area contributed by atoms with Gasteiger partial charge in [-0.25, -0.2) is 0 Å². The molecule has 0 aromatic rings. The molecule has 2 aliphatic rings. The fourth-order valence-corrected chi connectivity index (χ4v) is 2.24. The van der Waals surface area contributed by atoms with Crippen LogP contribution in [0.3, 0.4) is 0 Å². The third-order valence-corrected chi connectivity index (χ3v) is 3.28. The van der Waals surface area contributed by atoms with Gasteiger partial charge in [0.25, 0.3) is 0 Å². The quantitative estimate of drug-likeness (QED) is 0.726. The number of rotatable bonds is 2. The molecule has 0 bridgehead atoms. The number of nitrogens with zero attached hydrogens (tertiary/aromatic N) is 2. The van der Waals surface area contributed by atoms with Gasteiger partial charge in [0.05, 0.1) is 6.54 Å². The summed E-state index contributed by atoms with van der Waals surface area (Å²) in [5, 5.41) is 0. The molecular formula is C13H22N2O2. The third kappa shape index (κ3) is 3.20. The minimum absolute atomic E-state index is 0.00619. The maximum atomic E-state index is 12.0. The Morgan fingerprint density at radius 1 is 1.29 bits per heavy atom. The lowest BCUT2D eigenvalue weighted by Crippen LogP contribution is -2.53. The van der Waals surface area contributed by atoms with Crippen molar-refractivity contribution >= 4 is 11.8 Å². The maximum Gasteiger partial charge on any atom is 0.242 e. The third-order valence-electron chi connectivity index (χ3n) is 3.28. The summed E-state index contributed by atoms with van der Waals surface area (Å²) in [5.74, 6) is 0.238. The largest absolute Gasteiger partial charge is 0.336 e. The first-order valence-corrected chi connectivity index (χ1v) is 6.44. The number of amides is 2. The van der Waals surface area contributed by atoms with E-state index < -0.39 is 0 Å².